The normalized spacial score (nSPS) is 11.6. The van der Waals surface area contributed by atoms with Crippen LogP contribution in [0.4, 0.5) is 0 Å². The molecule has 0 heterocycles. The number of hydrogen-bond donors (Lipinski definition) is 0. The number of terminal acetylenes is 1. The molecule has 1 rings (SSSR count). The fourth-order valence-corrected chi connectivity index (χ4v) is 1.76. The van der Waals surface area contributed by atoms with E-state index < -0.39 is 0 Å². The summed E-state index contributed by atoms with van der Waals surface area (Å²) in [5.41, 5.74) is 2.75. The molecule has 0 heteroatoms. The van der Waals surface area contributed by atoms with Crippen molar-refractivity contribution in [3.8, 4) is 12.3 Å². The van der Waals surface area contributed by atoms with Gasteiger partial charge in [0.15, 0.2) is 0 Å². The Hall–Kier alpha value is -1.48. The van der Waals surface area contributed by atoms with Gasteiger partial charge >= 0.3 is 0 Å². The van der Waals surface area contributed by atoms with E-state index in [0.29, 0.717) is 5.92 Å². The van der Waals surface area contributed by atoms with Crippen molar-refractivity contribution >= 4 is 0 Å². The molecule has 16 heavy (non-hydrogen) atoms. The predicted octanol–water partition coefficient (Wildman–Crippen LogP) is 4.22. The van der Waals surface area contributed by atoms with E-state index in [4.69, 9.17) is 6.42 Å². The highest BCUT2D eigenvalue weighted by atomic mass is 14.1. The van der Waals surface area contributed by atoms with Crippen molar-refractivity contribution in [2.75, 3.05) is 0 Å². The summed E-state index contributed by atoms with van der Waals surface area (Å²) < 4.78 is 0. The smallest absolute Gasteiger partial charge is 0.0121 e. The van der Waals surface area contributed by atoms with E-state index in [-0.39, 0.29) is 0 Å². The summed E-state index contributed by atoms with van der Waals surface area (Å²) in [4.78, 5) is 0. The molecule has 0 saturated carbocycles. The molecule has 0 N–H and O–H groups in total. The van der Waals surface area contributed by atoms with Crippen molar-refractivity contribution in [2.45, 2.75) is 33.1 Å². The SMILES string of the molecule is C#CCC(CC=C(C)C)Cc1ccccc1. The topological polar surface area (TPSA) is 0 Å². The van der Waals surface area contributed by atoms with Crippen LogP contribution in [0.25, 0.3) is 0 Å². The molecule has 0 radical (unpaired) electrons. The van der Waals surface area contributed by atoms with Crippen LogP contribution in [0.5, 0.6) is 0 Å². The molecule has 0 nitrogen and oxygen atoms in total. The summed E-state index contributed by atoms with van der Waals surface area (Å²) in [6.07, 6.45) is 10.7. The van der Waals surface area contributed by atoms with Crippen LogP contribution in [0.15, 0.2) is 42.0 Å². The maximum absolute atomic E-state index is 5.42. The molecule has 0 amide bonds. The zero-order chi connectivity index (χ0) is 11.8. The van der Waals surface area contributed by atoms with Crippen LogP contribution in [0.2, 0.25) is 0 Å². The minimum Gasteiger partial charge on any atom is -0.120 e. The van der Waals surface area contributed by atoms with Crippen LogP contribution in [0.1, 0.15) is 32.3 Å². The quantitative estimate of drug-likeness (QED) is 0.506. The van der Waals surface area contributed by atoms with Gasteiger partial charge in [0.2, 0.25) is 0 Å². The molecule has 0 bridgehead atoms. The van der Waals surface area contributed by atoms with Crippen molar-refractivity contribution in [1.29, 1.82) is 0 Å². The van der Waals surface area contributed by atoms with Crippen molar-refractivity contribution in [3.63, 3.8) is 0 Å². The minimum absolute atomic E-state index is 0.572. The zero-order valence-corrected chi connectivity index (χ0v) is 10.2. The molecule has 0 fully saturated rings. The van der Waals surface area contributed by atoms with Gasteiger partial charge in [-0.2, -0.15) is 0 Å². The highest BCUT2D eigenvalue weighted by Gasteiger charge is 2.06. The van der Waals surface area contributed by atoms with E-state index in [0.717, 1.165) is 19.3 Å². The number of allylic oxidation sites excluding steroid dienone is 2. The maximum Gasteiger partial charge on any atom is 0.0121 e. The van der Waals surface area contributed by atoms with Gasteiger partial charge in [-0.1, -0.05) is 42.0 Å². The van der Waals surface area contributed by atoms with Crippen molar-refractivity contribution in [1.82, 2.24) is 0 Å². The van der Waals surface area contributed by atoms with E-state index in [1.807, 2.05) is 0 Å². The van der Waals surface area contributed by atoms with E-state index >= 15 is 0 Å². The Balaban J connectivity index is 2.58. The van der Waals surface area contributed by atoms with E-state index in [1.54, 1.807) is 0 Å². The van der Waals surface area contributed by atoms with Crippen LogP contribution in [0.3, 0.4) is 0 Å². The fourth-order valence-electron chi connectivity index (χ4n) is 1.76. The van der Waals surface area contributed by atoms with Gasteiger partial charge in [0, 0.05) is 6.42 Å². The van der Waals surface area contributed by atoms with Gasteiger partial charge in [0.05, 0.1) is 0 Å². The Morgan fingerprint density at radius 2 is 2.00 bits per heavy atom. The van der Waals surface area contributed by atoms with Crippen molar-refractivity contribution in [2.24, 2.45) is 5.92 Å². The lowest BCUT2D eigenvalue weighted by Gasteiger charge is -2.12. The molecule has 0 saturated heterocycles. The first-order chi connectivity index (χ1) is 7.72. The molecule has 1 aromatic rings. The second kappa shape index (κ2) is 6.90. The van der Waals surface area contributed by atoms with E-state index in [9.17, 15) is 0 Å². The van der Waals surface area contributed by atoms with Gasteiger partial charge < -0.3 is 0 Å². The Labute approximate surface area is 99.4 Å². The summed E-state index contributed by atoms with van der Waals surface area (Å²) in [7, 11) is 0. The Kier molecular flexibility index (Phi) is 5.43. The largest absolute Gasteiger partial charge is 0.120 e. The third-order valence-electron chi connectivity index (χ3n) is 2.63. The van der Waals surface area contributed by atoms with Crippen LogP contribution < -0.4 is 0 Å². The number of benzene rings is 1. The first-order valence-corrected chi connectivity index (χ1v) is 5.83. The number of rotatable bonds is 5. The second-order valence-corrected chi connectivity index (χ2v) is 4.48. The molecule has 1 atom stereocenters. The summed E-state index contributed by atoms with van der Waals surface area (Å²) in [5.74, 6) is 3.35. The van der Waals surface area contributed by atoms with Gasteiger partial charge in [0.1, 0.15) is 0 Å². The van der Waals surface area contributed by atoms with Gasteiger partial charge in [-0.25, -0.2) is 0 Å². The fraction of sp³-hybridized carbons (Fsp3) is 0.375. The lowest BCUT2D eigenvalue weighted by atomic mass is 9.93. The average Bonchev–Trinajstić information content (AvgIpc) is 2.27. The predicted molar refractivity (Wildman–Crippen MR) is 71.1 cm³/mol. The summed E-state index contributed by atoms with van der Waals surface area (Å²) in [5, 5.41) is 0. The first kappa shape index (κ1) is 12.6. The molecule has 1 aromatic carbocycles. The second-order valence-electron chi connectivity index (χ2n) is 4.48. The van der Waals surface area contributed by atoms with Crippen LogP contribution in [-0.2, 0) is 6.42 Å². The summed E-state index contributed by atoms with van der Waals surface area (Å²) in [6, 6.07) is 10.6. The lowest BCUT2D eigenvalue weighted by Crippen LogP contribution is -2.02. The summed E-state index contributed by atoms with van der Waals surface area (Å²) in [6.45, 7) is 4.27. The van der Waals surface area contributed by atoms with Crippen molar-refractivity contribution in [3.05, 3.63) is 47.5 Å². The van der Waals surface area contributed by atoms with Crippen molar-refractivity contribution < 1.29 is 0 Å². The molecule has 0 aliphatic carbocycles. The molecule has 0 aliphatic rings. The zero-order valence-electron chi connectivity index (χ0n) is 10.2. The lowest BCUT2D eigenvalue weighted by molar-refractivity contribution is 0.546. The molecule has 0 spiro atoms. The van der Waals surface area contributed by atoms with Gasteiger partial charge in [-0.05, 0) is 38.2 Å². The molecule has 0 aromatic heterocycles. The molecule has 0 aliphatic heterocycles. The molecule has 84 valence electrons. The highest BCUT2D eigenvalue weighted by molar-refractivity contribution is 5.16. The van der Waals surface area contributed by atoms with Crippen LogP contribution in [-0.4, -0.2) is 0 Å². The Morgan fingerprint density at radius 3 is 2.56 bits per heavy atom. The van der Waals surface area contributed by atoms with Gasteiger partial charge in [-0.3, -0.25) is 0 Å². The first-order valence-electron chi connectivity index (χ1n) is 5.83. The monoisotopic (exact) mass is 212 g/mol. The molecular formula is C16H20. The van der Waals surface area contributed by atoms with Gasteiger partial charge in [0.25, 0.3) is 0 Å². The van der Waals surface area contributed by atoms with E-state index in [2.05, 4.69) is 56.2 Å². The Morgan fingerprint density at radius 1 is 1.31 bits per heavy atom. The molecule has 1 unspecified atom stereocenters. The van der Waals surface area contributed by atoms with Crippen LogP contribution >= 0.6 is 0 Å². The standard InChI is InChI=1S/C16H20/c1-4-8-15(12-11-14(2)3)13-16-9-6-5-7-10-16/h1,5-7,9-11,15H,8,12-13H2,2-3H3. The Bertz CT molecular complexity index is 361. The average molecular weight is 212 g/mol. The van der Waals surface area contributed by atoms with Crippen LogP contribution in [0, 0.1) is 18.3 Å². The maximum atomic E-state index is 5.42. The van der Waals surface area contributed by atoms with E-state index in [1.165, 1.54) is 11.1 Å². The van der Waals surface area contributed by atoms with Gasteiger partial charge in [-0.15, -0.1) is 12.3 Å². The third-order valence-corrected chi connectivity index (χ3v) is 2.63. The number of hydrogen-bond acceptors (Lipinski definition) is 0. The minimum atomic E-state index is 0.572. The molecular weight excluding hydrogens is 192 g/mol. The summed E-state index contributed by atoms with van der Waals surface area (Å²) >= 11 is 0. The third kappa shape index (κ3) is 4.84. The highest BCUT2D eigenvalue weighted by Crippen LogP contribution is 2.17.